The van der Waals surface area contributed by atoms with Crippen LogP contribution < -0.4 is 0 Å². The van der Waals surface area contributed by atoms with Crippen LogP contribution in [0.1, 0.15) is 43.2 Å². The van der Waals surface area contributed by atoms with Gasteiger partial charge < -0.3 is 8.98 Å². The number of benzene rings is 7. The molecule has 2 aliphatic rings. The number of thiophene rings is 1. The van der Waals surface area contributed by atoms with Crippen LogP contribution in [0.25, 0.3) is 91.9 Å². The Balaban J connectivity index is 1.02. The largest absolute Gasteiger partial charge is 0.456 e. The third kappa shape index (κ3) is 3.82. The minimum absolute atomic E-state index is 0.165. The predicted molar refractivity (Wildman–Crippen MR) is 216 cm³/mol. The molecule has 0 unspecified atom stereocenters. The highest BCUT2D eigenvalue weighted by molar-refractivity contribution is 7.25. The zero-order chi connectivity index (χ0) is 33.3. The number of hydrogen-bond acceptors (Lipinski definition) is 2. The van der Waals surface area contributed by atoms with Gasteiger partial charge in [0.15, 0.2) is 0 Å². The van der Waals surface area contributed by atoms with Crippen molar-refractivity contribution in [1.82, 2.24) is 4.57 Å². The van der Waals surface area contributed by atoms with Crippen molar-refractivity contribution in [3.8, 4) is 27.9 Å². The SMILES string of the molecule is c1ccc2c(c1)-c1cc3sc4ccc(-c5ccc6c(c5)c5ccccc5n6-c5ccc6oc7ccccc7c6c5)cc4c3cc1C21CCCCC1. The Kier molecular flexibility index (Phi) is 5.63. The van der Waals surface area contributed by atoms with Gasteiger partial charge >= 0.3 is 0 Å². The maximum absolute atomic E-state index is 6.17. The van der Waals surface area contributed by atoms with Gasteiger partial charge in [-0.1, -0.05) is 92.1 Å². The first-order valence-electron chi connectivity index (χ1n) is 18.3. The Morgan fingerprint density at radius 2 is 1.20 bits per heavy atom. The Bertz CT molecular complexity index is 3070. The summed E-state index contributed by atoms with van der Waals surface area (Å²) in [7, 11) is 0. The lowest BCUT2D eigenvalue weighted by atomic mass is 9.68. The van der Waals surface area contributed by atoms with E-state index in [1.807, 2.05) is 23.5 Å². The Morgan fingerprint density at radius 3 is 2.12 bits per heavy atom. The van der Waals surface area contributed by atoms with E-state index in [1.54, 1.807) is 11.1 Å². The molecule has 1 spiro atoms. The van der Waals surface area contributed by atoms with Crippen LogP contribution in [-0.2, 0) is 5.41 Å². The van der Waals surface area contributed by atoms with Crippen LogP contribution in [0.4, 0.5) is 0 Å². The molecule has 7 aromatic carbocycles. The van der Waals surface area contributed by atoms with Gasteiger partial charge in [-0.15, -0.1) is 11.3 Å². The molecule has 1 saturated carbocycles. The lowest BCUT2D eigenvalue weighted by Crippen LogP contribution is -2.27. The third-order valence-electron chi connectivity index (χ3n) is 12.2. The van der Waals surface area contributed by atoms with Gasteiger partial charge in [-0.3, -0.25) is 0 Å². The van der Waals surface area contributed by atoms with Crippen LogP contribution in [0.5, 0.6) is 0 Å². The molecule has 0 saturated heterocycles. The molecular formula is C48H33NOS. The van der Waals surface area contributed by atoms with Crippen molar-refractivity contribution in [2.45, 2.75) is 37.5 Å². The quantitative estimate of drug-likeness (QED) is 0.179. The molecule has 0 radical (unpaired) electrons. The van der Waals surface area contributed by atoms with Crippen LogP contribution in [0.3, 0.4) is 0 Å². The molecule has 51 heavy (non-hydrogen) atoms. The second-order valence-corrected chi connectivity index (χ2v) is 15.8. The summed E-state index contributed by atoms with van der Waals surface area (Å²) in [4.78, 5) is 0. The van der Waals surface area contributed by atoms with Crippen molar-refractivity contribution in [3.05, 3.63) is 151 Å². The highest BCUT2D eigenvalue weighted by atomic mass is 32.1. The molecule has 0 N–H and O–H groups in total. The van der Waals surface area contributed by atoms with Gasteiger partial charge in [0.2, 0.25) is 0 Å². The summed E-state index contributed by atoms with van der Waals surface area (Å²) in [5.74, 6) is 0. The molecular weight excluding hydrogens is 639 g/mol. The molecule has 2 aliphatic carbocycles. The average molecular weight is 672 g/mol. The van der Waals surface area contributed by atoms with Gasteiger partial charge in [0.1, 0.15) is 11.2 Å². The van der Waals surface area contributed by atoms with E-state index >= 15 is 0 Å². The van der Waals surface area contributed by atoms with E-state index < -0.39 is 0 Å². The smallest absolute Gasteiger partial charge is 0.135 e. The molecule has 2 nitrogen and oxygen atoms in total. The summed E-state index contributed by atoms with van der Waals surface area (Å²) in [5.41, 5.74) is 14.1. The second-order valence-electron chi connectivity index (χ2n) is 14.8. The van der Waals surface area contributed by atoms with Crippen molar-refractivity contribution in [2.75, 3.05) is 0 Å². The Labute approximate surface area is 299 Å². The van der Waals surface area contributed by atoms with E-state index in [1.165, 1.54) is 96.3 Å². The Hall–Kier alpha value is -5.64. The van der Waals surface area contributed by atoms with Crippen LogP contribution in [0.15, 0.2) is 144 Å². The number of furan rings is 1. The van der Waals surface area contributed by atoms with Crippen LogP contribution in [-0.4, -0.2) is 4.57 Å². The molecule has 0 bridgehead atoms. The molecule has 0 atom stereocenters. The van der Waals surface area contributed by atoms with E-state index in [4.69, 9.17) is 4.42 Å². The Morgan fingerprint density at radius 1 is 0.471 bits per heavy atom. The normalized spacial score (nSPS) is 15.2. The van der Waals surface area contributed by atoms with Crippen molar-refractivity contribution < 1.29 is 4.42 Å². The molecule has 3 aromatic heterocycles. The zero-order valence-corrected chi connectivity index (χ0v) is 28.9. The fourth-order valence-electron chi connectivity index (χ4n) is 9.88. The molecule has 0 aliphatic heterocycles. The first kappa shape index (κ1) is 28.1. The minimum atomic E-state index is 0.165. The van der Waals surface area contributed by atoms with Crippen LogP contribution in [0, 0.1) is 0 Å². The molecule has 242 valence electrons. The molecule has 1 fully saturated rings. The summed E-state index contributed by atoms with van der Waals surface area (Å²) in [6, 6.07) is 52.2. The minimum Gasteiger partial charge on any atom is -0.456 e. The van der Waals surface area contributed by atoms with Gasteiger partial charge in [0, 0.05) is 52.8 Å². The van der Waals surface area contributed by atoms with Crippen molar-refractivity contribution in [3.63, 3.8) is 0 Å². The fourth-order valence-corrected chi connectivity index (χ4v) is 11.0. The third-order valence-corrected chi connectivity index (χ3v) is 13.3. The van der Waals surface area contributed by atoms with E-state index in [2.05, 4.69) is 132 Å². The standard InChI is InChI=1S/C48H33NOS/c1-8-22-48(23-9-1)40-13-5-2-10-32(40)35-28-47-39(27-41(35)48)38-25-30(17-21-46(38)51-47)29-16-19-43-36(24-29)33-11-3-6-14-42(33)49(43)31-18-20-45-37(26-31)34-12-4-7-15-44(34)50-45/h2-7,10-21,24-28H,1,8-9,22-23H2. The molecule has 0 amide bonds. The summed E-state index contributed by atoms with van der Waals surface area (Å²) < 4.78 is 11.3. The number of rotatable bonds is 2. The van der Waals surface area contributed by atoms with E-state index in [9.17, 15) is 0 Å². The molecule has 3 heteroatoms. The lowest BCUT2D eigenvalue weighted by molar-refractivity contribution is 0.353. The first-order valence-corrected chi connectivity index (χ1v) is 19.1. The molecule has 3 heterocycles. The van der Waals surface area contributed by atoms with Crippen molar-refractivity contribution in [1.29, 1.82) is 0 Å². The van der Waals surface area contributed by atoms with E-state index in [0.717, 1.165) is 27.6 Å². The van der Waals surface area contributed by atoms with Crippen LogP contribution in [0.2, 0.25) is 0 Å². The number of hydrogen-bond donors (Lipinski definition) is 0. The maximum atomic E-state index is 6.17. The molecule has 10 aromatic rings. The number of nitrogens with zero attached hydrogens (tertiary/aromatic N) is 1. The number of para-hydroxylation sites is 2. The monoisotopic (exact) mass is 671 g/mol. The first-order chi connectivity index (χ1) is 25.2. The highest BCUT2D eigenvalue weighted by Crippen LogP contribution is 2.57. The highest BCUT2D eigenvalue weighted by Gasteiger charge is 2.43. The van der Waals surface area contributed by atoms with Gasteiger partial charge in [0.05, 0.1) is 11.0 Å². The van der Waals surface area contributed by atoms with Crippen LogP contribution >= 0.6 is 11.3 Å². The zero-order valence-electron chi connectivity index (χ0n) is 28.1. The summed E-state index contributed by atoms with van der Waals surface area (Å²) in [5, 5.41) is 7.61. The second kappa shape index (κ2) is 10.2. The van der Waals surface area contributed by atoms with Gasteiger partial charge in [-0.2, -0.15) is 0 Å². The summed E-state index contributed by atoms with van der Waals surface area (Å²) >= 11 is 1.94. The summed E-state index contributed by atoms with van der Waals surface area (Å²) in [6.45, 7) is 0. The van der Waals surface area contributed by atoms with Gasteiger partial charge in [-0.05, 0) is 113 Å². The van der Waals surface area contributed by atoms with Crippen molar-refractivity contribution in [2.24, 2.45) is 0 Å². The maximum Gasteiger partial charge on any atom is 0.135 e. The topological polar surface area (TPSA) is 18.1 Å². The molecule has 12 rings (SSSR count). The average Bonchev–Trinajstić information content (AvgIpc) is 3.91. The summed E-state index contributed by atoms with van der Waals surface area (Å²) in [6.07, 6.45) is 6.50. The number of aromatic nitrogens is 1. The lowest BCUT2D eigenvalue weighted by Gasteiger charge is -2.36. The predicted octanol–water partition coefficient (Wildman–Crippen LogP) is 13.9. The fraction of sp³-hybridized carbons (Fsp3) is 0.125. The van der Waals surface area contributed by atoms with Gasteiger partial charge in [0.25, 0.3) is 0 Å². The van der Waals surface area contributed by atoms with Crippen molar-refractivity contribution >= 4 is 75.3 Å². The van der Waals surface area contributed by atoms with E-state index in [0.29, 0.717) is 0 Å². The van der Waals surface area contributed by atoms with Gasteiger partial charge in [-0.25, -0.2) is 0 Å². The number of fused-ring (bicyclic) bond motifs is 14. The van der Waals surface area contributed by atoms with E-state index in [-0.39, 0.29) is 5.41 Å².